The number of hydrogen-bond donors (Lipinski definition) is 2. The molecular formula is C23H34FN5O4. The molecule has 3 N–H and O–H groups in total. The molecule has 0 fully saturated rings. The maximum Gasteiger partial charge on any atom is 0.330 e. The van der Waals surface area contributed by atoms with E-state index in [-0.39, 0.29) is 29.7 Å². The molecule has 2 aromatic rings. The largest absolute Gasteiger partial charge is 0.494 e. The number of nitrogens with zero attached hydrogens (tertiary/aromatic N) is 3. The van der Waals surface area contributed by atoms with Crippen molar-refractivity contribution >= 4 is 17.4 Å². The van der Waals surface area contributed by atoms with E-state index in [1.165, 1.54) is 22.6 Å². The molecule has 10 heteroatoms. The number of halogens is 1. The molecule has 0 radical (unpaired) electrons. The Labute approximate surface area is 193 Å². The fourth-order valence-corrected chi connectivity index (χ4v) is 3.58. The van der Waals surface area contributed by atoms with E-state index >= 15 is 0 Å². The van der Waals surface area contributed by atoms with Crippen molar-refractivity contribution in [1.29, 1.82) is 0 Å². The number of hydrogen-bond acceptors (Lipinski definition) is 6. The minimum Gasteiger partial charge on any atom is -0.494 e. The molecule has 2 rings (SSSR count). The van der Waals surface area contributed by atoms with Crippen LogP contribution in [0.25, 0.3) is 0 Å². The molecule has 0 atom stereocenters. The van der Waals surface area contributed by atoms with E-state index in [2.05, 4.69) is 4.98 Å². The smallest absolute Gasteiger partial charge is 0.330 e. The number of amides is 1. The lowest BCUT2D eigenvalue weighted by molar-refractivity contribution is -0.119. The number of likely N-dealkylation sites (N-methyl/N-ethyl adjacent to an activating group) is 1. The quantitative estimate of drug-likeness (QED) is 0.499. The van der Waals surface area contributed by atoms with E-state index < -0.39 is 17.1 Å². The van der Waals surface area contributed by atoms with Gasteiger partial charge in [-0.05, 0) is 37.1 Å². The molecule has 9 nitrogen and oxygen atoms in total. The SMILES string of the molecule is CCCCN(C(=O)CN(CC)Cc1ccc(OC)c(F)c1)c1c(N)n(CCC)c(=O)[nH]c1=O. The number of nitrogens with one attached hydrogen (secondary N) is 1. The lowest BCUT2D eigenvalue weighted by Crippen LogP contribution is -2.45. The van der Waals surface area contributed by atoms with Gasteiger partial charge in [0.05, 0.1) is 13.7 Å². The van der Waals surface area contributed by atoms with Crippen LogP contribution in [0.4, 0.5) is 15.9 Å². The maximum absolute atomic E-state index is 14.1. The summed E-state index contributed by atoms with van der Waals surface area (Å²) in [5.74, 6) is -0.659. The first-order chi connectivity index (χ1) is 15.8. The van der Waals surface area contributed by atoms with Crippen LogP contribution >= 0.6 is 0 Å². The normalized spacial score (nSPS) is 11.1. The van der Waals surface area contributed by atoms with Gasteiger partial charge in [-0.2, -0.15) is 0 Å². The monoisotopic (exact) mass is 463 g/mol. The molecule has 1 aromatic carbocycles. The van der Waals surface area contributed by atoms with E-state index in [1.807, 2.05) is 25.7 Å². The predicted molar refractivity (Wildman–Crippen MR) is 127 cm³/mol. The van der Waals surface area contributed by atoms with Crippen LogP contribution in [0.1, 0.15) is 45.6 Å². The second kappa shape index (κ2) is 12.2. The molecule has 33 heavy (non-hydrogen) atoms. The van der Waals surface area contributed by atoms with Gasteiger partial charge in [-0.15, -0.1) is 0 Å². The van der Waals surface area contributed by atoms with Crippen LogP contribution in [0.3, 0.4) is 0 Å². The first-order valence-electron chi connectivity index (χ1n) is 11.2. The van der Waals surface area contributed by atoms with Crippen molar-refractivity contribution in [3.05, 3.63) is 50.4 Å². The molecule has 1 amide bonds. The van der Waals surface area contributed by atoms with Crippen LogP contribution in [0.5, 0.6) is 5.75 Å². The zero-order chi connectivity index (χ0) is 24.5. The summed E-state index contributed by atoms with van der Waals surface area (Å²) in [6.45, 7) is 7.25. The lowest BCUT2D eigenvalue weighted by Gasteiger charge is -2.28. The highest BCUT2D eigenvalue weighted by atomic mass is 19.1. The molecule has 0 aliphatic rings. The Morgan fingerprint density at radius 1 is 1.21 bits per heavy atom. The van der Waals surface area contributed by atoms with Crippen molar-refractivity contribution in [3.8, 4) is 5.75 Å². The third-order valence-electron chi connectivity index (χ3n) is 5.40. The lowest BCUT2D eigenvalue weighted by atomic mass is 10.2. The topological polar surface area (TPSA) is 114 Å². The van der Waals surface area contributed by atoms with Gasteiger partial charge in [-0.3, -0.25) is 24.0 Å². The Morgan fingerprint density at radius 2 is 1.94 bits per heavy atom. The number of benzene rings is 1. The number of ether oxygens (including phenoxy) is 1. The van der Waals surface area contributed by atoms with Gasteiger partial charge in [0.2, 0.25) is 5.91 Å². The van der Waals surface area contributed by atoms with E-state index in [1.54, 1.807) is 12.1 Å². The summed E-state index contributed by atoms with van der Waals surface area (Å²) in [7, 11) is 1.40. The molecule has 0 aliphatic carbocycles. The van der Waals surface area contributed by atoms with E-state index in [0.717, 1.165) is 6.42 Å². The molecule has 0 saturated carbocycles. The van der Waals surface area contributed by atoms with Gasteiger partial charge in [-0.25, -0.2) is 9.18 Å². The van der Waals surface area contributed by atoms with Crippen molar-refractivity contribution in [2.24, 2.45) is 0 Å². The Bertz CT molecular complexity index is 1070. The third kappa shape index (κ3) is 6.44. The van der Waals surface area contributed by atoms with Crippen LogP contribution in [0, 0.1) is 5.82 Å². The highest BCUT2D eigenvalue weighted by Crippen LogP contribution is 2.20. The molecule has 0 unspecified atom stereocenters. The maximum atomic E-state index is 14.1. The van der Waals surface area contributed by atoms with Gasteiger partial charge in [0.1, 0.15) is 5.82 Å². The van der Waals surface area contributed by atoms with Gasteiger partial charge in [-0.1, -0.05) is 33.3 Å². The number of H-pyrrole nitrogens is 1. The van der Waals surface area contributed by atoms with Crippen molar-refractivity contribution < 1.29 is 13.9 Å². The summed E-state index contributed by atoms with van der Waals surface area (Å²) in [6, 6.07) is 4.67. The molecule has 1 aromatic heterocycles. The zero-order valence-corrected chi connectivity index (χ0v) is 19.8. The Balaban J connectivity index is 2.33. The molecule has 0 aliphatic heterocycles. The predicted octanol–water partition coefficient (Wildman–Crippen LogP) is 2.33. The fourth-order valence-electron chi connectivity index (χ4n) is 3.58. The van der Waals surface area contributed by atoms with Crippen LogP contribution in [0.2, 0.25) is 0 Å². The number of anilines is 2. The van der Waals surface area contributed by atoms with Crippen molar-refractivity contribution in [3.63, 3.8) is 0 Å². The number of carbonyl (C=O) groups excluding carboxylic acids is 1. The number of nitrogens with two attached hydrogens (primary N) is 1. The number of nitrogen functional groups attached to an aromatic ring is 1. The summed E-state index contributed by atoms with van der Waals surface area (Å²) in [5, 5.41) is 0. The molecular weight excluding hydrogens is 429 g/mol. The minimum atomic E-state index is -0.686. The van der Waals surface area contributed by atoms with Crippen molar-refractivity contribution in [1.82, 2.24) is 14.5 Å². The molecule has 1 heterocycles. The third-order valence-corrected chi connectivity index (χ3v) is 5.40. The second-order valence-corrected chi connectivity index (χ2v) is 7.82. The Hall–Kier alpha value is -3.14. The number of aromatic nitrogens is 2. The minimum absolute atomic E-state index is 0.000350. The summed E-state index contributed by atoms with van der Waals surface area (Å²) in [4.78, 5) is 43.7. The number of rotatable bonds is 12. The highest BCUT2D eigenvalue weighted by molar-refractivity contribution is 5.96. The zero-order valence-electron chi connectivity index (χ0n) is 19.8. The average Bonchev–Trinajstić information content (AvgIpc) is 2.78. The van der Waals surface area contributed by atoms with Gasteiger partial charge < -0.3 is 15.4 Å². The molecule has 0 bridgehead atoms. The van der Waals surface area contributed by atoms with Crippen LogP contribution < -0.4 is 26.6 Å². The summed E-state index contributed by atoms with van der Waals surface area (Å²) in [6.07, 6.45) is 2.10. The van der Waals surface area contributed by atoms with Gasteiger partial charge in [0.25, 0.3) is 5.56 Å². The second-order valence-electron chi connectivity index (χ2n) is 7.82. The number of carbonyl (C=O) groups is 1. The number of unbranched alkanes of at least 4 members (excludes halogenated alkanes) is 1. The number of aromatic amines is 1. The van der Waals surface area contributed by atoms with E-state index in [4.69, 9.17) is 10.5 Å². The first-order valence-corrected chi connectivity index (χ1v) is 11.2. The van der Waals surface area contributed by atoms with Crippen molar-refractivity contribution in [2.75, 3.05) is 37.4 Å². The standard InChI is InChI=1S/C23H34FN5O4/c1-5-8-12-28(20-21(25)29(11-6-2)23(32)26-22(20)31)19(30)15-27(7-3)14-16-9-10-18(33-4)17(24)13-16/h9-10,13H,5-8,11-12,14-15,25H2,1-4H3,(H,26,31,32). The highest BCUT2D eigenvalue weighted by Gasteiger charge is 2.25. The summed E-state index contributed by atoms with van der Waals surface area (Å²) in [5.41, 5.74) is 5.60. The van der Waals surface area contributed by atoms with E-state index in [0.29, 0.717) is 44.6 Å². The molecule has 0 spiro atoms. The Kier molecular flexibility index (Phi) is 9.65. The van der Waals surface area contributed by atoms with Gasteiger partial charge >= 0.3 is 5.69 Å². The van der Waals surface area contributed by atoms with Crippen LogP contribution in [-0.2, 0) is 17.9 Å². The van der Waals surface area contributed by atoms with Crippen LogP contribution in [-0.4, -0.2) is 47.1 Å². The summed E-state index contributed by atoms with van der Waals surface area (Å²) >= 11 is 0. The van der Waals surface area contributed by atoms with E-state index in [9.17, 15) is 18.8 Å². The average molecular weight is 464 g/mol. The molecule has 182 valence electrons. The number of methoxy groups -OCH3 is 1. The van der Waals surface area contributed by atoms with Crippen LogP contribution in [0.15, 0.2) is 27.8 Å². The first kappa shape index (κ1) is 26.1. The van der Waals surface area contributed by atoms with Crippen molar-refractivity contribution in [2.45, 2.75) is 53.1 Å². The van der Waals surface area contributed by atoms with Gasteiger partial charge in [0.15, 0.2) is 17.3 Å². The van der Waals surface area contributed by atoms with Gasteiger partial charge in [0, 0.05) is 19.6 Å². The summed E-state index contributed by atoms with van der Waals surface area (Å²) < 4.78 is 20.3. The fraction of sp³-hybridized carbons (Fsp3) is 0.522. The Morgan fingerprint density at radius 3 is 2.52 bits per heavy atom. The molecule has 0 saturated heterocycles.